The van der Waals surface area contributed by atoms with Crippen molar-refractivity contribution < 1.29 is 4.74 Å². The normalized spacial score (nSPS) is 11.0. The Kier molecular flexibility index (Phi) is 5.74. The average molecular weight is 256 g/mol. The minimum absolute atomic E-state index is 0.00442. The second kappa shape index (κ2) is 6.83. The van der Waals surface area contributed by atoms with Gasteiger partial charge in [0.2, 0.25) is 5.43 Å². The van der Waals surface area contributed by atoms with E-state index in [1.165, 1.54) is 0 Å². The molecule has 0 atom stereocenters. The first kappa shape index (κ1) is 14.3. The molecule has 1 aromatic carbocycles. The maximum absolute atomic E-state index is 11.7. The molecule has 0 amide bonds. The van der Waals surface area contributed by atoms with E-state index in [1.54, 1.807) is 0 Å². The van der Waals surface area contributed by atoms with Gasteiger partial charge >= 0.3 is 0 Å². The van der Waals surface area contributed by atoms with Gasteiger partial charge in [-0.2, -0.15) is 0 Å². The van der Waals surface area contributed by atoms with Crippen molar-refractivity contribution >= 4 is 17.9 Å². The van der Waals surface area contributed by atoms with Crippen molar-refractivity contribution in [2.24, 2.45) is 5.73 Å². The van der Waals surface area contributed by atoms with Crippen LogP contribution in [-0.4, -0.2) is 33.4 Å². The molecule has 0 radical (unpaired) electrons. The summed E-state index contributed by atoms with van der Waals surface area (Å²) in [6, 6.07) is 0. The minimum atomic E-state index is 0.00442. The molecule has 1 aromatic rings. The van der Waals surface area contributed by atoms with E-state index in [4.69, 9.17) is 22.7 Å². The van der Waals surface area contributed by atoms with E-state index in [-0.39, 0.29) is 5.43 Å². The molecule has 0 saturated heterocycles. The van der Waals surface area contributed by atoms with Gasteiger partial charge in [0.1, 0.15) is 0 Å². The van der Waals surface area contributed by atoms with Crippen molar-refractivity contribution in [3.8, 4) is 0 Å². The van der Waals surface area contributed by atoms with E-state index in [2.05, 4.69) is 6.92 Å². The van der Waals surface area contributed by atoms with Crippen LogP contribution in [0.15, 0.2) is 4.79 Å². The molecular formula is C12H20N2O2S. The summed E-state index contributed by atoms with van der Waals surface area (Å²) in [5.41, 5.74) is 7.14. The summed E-state index contributed by atoms with van der Waals surface area (Å²) >= 11 is 5.06. The summed E-state index contributed by atoms with van der Waals surface area (Å²) in [5.74, 6) is 0. The molecule has 0 bridgehead atoms. The van der Waals surface area contributed by atoms with Gasteiger partial charge in [0, 0.05) is 25.7 Å². The van der Waals surface area contributed by atoms with Crippen LogP contribution in [0.4, 0.5) is 5.69 Å². The van der Waals surface area contributed by atoms with Gasteiger partial charge in [-0.15, -0.1) is 0 Å². The fraction of sp³-hybridized carbons (Fsp3) is 0.667. The topological polar surface area (TPSA) is 55.6 Å². The van der Waals surface area contributed by atoms with E-state index in [9.17, 15) is 4.79 Å². The Bertz CT molecular complexity index is 424. The summed E-state index contributed by atoms with van der Waals surface area (Å²) in [5, 5.41) is 0. The van der Waals surface area contributed by atoms with Crippen LogP contribution in [0, 0.1) is 4.51 Å². The van der Waals surface area contributed by atoms with Crippen LogP contribution in [0.1, 0.15) is 18.9 Å². The van der Waals surface area contributed by atoms with Crippen LogP contribution in [-0.2, 0) is 11.2 Å². The molecule has 0 aliphatic rings. The van der Waals surface area contributed by atoms with Crippen LogP contribution in [0.25, 0.3) is 0 Å². The van der Waals surface area contributed by atoms with E-state index < -0.39 is 0 Å². The van der Waals surface area contributed by atoms with Crippen LogP contribution in [0.5, 0.6) is 0 Å². The lowest BCUT2D eigenvalue weighted by Crippen LogP contribution is -2.33. The fourth-order valence-corrected chi connectivity index (χ4v) is 2.11. The lowest BCUT2D eigenvalue weighted by atomic mass is 10.0. The van der Waals surface area contributed by atoms with Gasteiger partial charge in [0.15, 0.2) is 0 Å². The summed E-state index contributed by atoms with van der Waals surface area (Å²) in [7, 11) is 1.90. The molecule has 96 valence electrons. The van der Waals surface area contributed by atoms with Crippen LogP contribution in [0.2, 0.25) is 0 Å². The summed E-state index contributed by atoms with van der Waals surface area (Å²) in [4.78, 5) is 13.6. The highest BCUT2D eigenvalue weighted by atomic mass is 32.1. The zero-order valence-corrected chi connectivity index (χ0v) is 11.3. The van der Waals surface area contributed by atoms with Gasteiger partial charge in [-0.3, -0.25) is 4.79 Å². The van der Waals surface area contributed by atoms with Gasteiger partial charge in [0.05, 0.1) is 23.4 Å². The molecule has 0 heterocycles. The molecule has 0 aliphatic carbocycles. The number of nitrogens with two attached hydrogens (primary N) is 1. The van der Waals surface area contributed by atoms with E-state index in [1.807, 2.05) is 11.9 Å². The quantitative estimate of drug-likeness (QED) is 0.556. The number of hydrogen-bond donors (Lipinski definition) is 1. The third-order valence-electron chi connectivity index (χ3n) is 2.70. The van der Waals surface area contributed by atoms with Crippen LogP contribution in [0.3, 0.4) is 0 Å². The number of nitrogens with zero attached hydrogens (tertiary/aromatic N) is 1. The molecule has 0 spiro atoms. The molecule has 0 fully saturated rings. The predicted molar refractivity (Wildman–Crippen MR) is 73.1 cm³/mol. The molecule has 17 heavy (non-hydrogen) atoms. The highest BCUT2D eigenvalue weighted by Gasteiger charge is 2.19. The van der Waals surface area contributed by atoms with Crippen molar-refractivity contribution in [1.82, 2.24) is 0 Å². The Hall–Kier alpha value is -0.780. The Morgan fingerprint density at radius 3 is 2.71 bits per heavy atom. The van der Waals surface area contributed by atoms with Crippen molar-refractivity contribution in [2.75, 3.05) is 38.3 Å². The van der Waals surface area contributed by atoms with Crippen molar-refractivity contribution in [1.29, 1.82) is 0 Å². The highest BCUT2D eigenvalue weighted by Crippen LogP contribution is 2.21. The first-order chi connectivity index (χ1) is 8.13. The summed E-state index contributed by atoms with van der Waals surface area (Å²) < 4.78 is 5.81. The maximum atomic E-state index is 11.7. The average Bonchev–Trinajstić information content (AvgIpc) is 2.33. The standard InChI is InChI=1S/C12H20N2O2S/c1-3-4-9-10(11(15)12(9)17)14(2)6-8-16-7-5-13/h3-8,13H2,1-2H3. The van der Waals surface area contributed by atoms with Crippen molar-refractivity contribution in [2.45, 2.75) is 19.8 Å². The molecule has 4 nitrogen and oxygen atoms in total. The predicted octanol–water partition coefficient (Wildman–Crippen LogP) is 1.02. The van der Waals surface area contributed by atoms with E-state index >= 15 is 0 Å². The number of hydrogen-bond acceptors (Lipinski definition) is 5. The van der Waals surface area contributed by atoms with Gasteiger partial charge < -0.3 is 15.4 Å². The molecule has 2 N–H and O–H groups in total. The number of anilines is 1. The molecular weight excluding hydrogens is 236 g/mol. The number of ether oxygens (including phenoxy) is 1. The Balaban J connectivity index is 2.57. The third-order valence-corrected chi connectivity index (χ3v) is 3.13. The second-order valence-corrected chi connectivity index (χ2v) is 4.47. The highest BCUT2D eigenvalue weighted by molar-refractivity contribution is 7.71. The van der Waals surface area contributed by atoms with Gasteiger partial charge in [0.25, 0.3) is 0 Å². The Labute approximate surface area is 107 Å². The number of likely N-dealkylation sites (N-methyl/N-ethyl adjacent to an activating group) is 1. The molecule has 5 heteroatoms. The second-order valence-electron chi connectivity index (χ2n) is 4.06. The fourth-order valence-electron chi connectivity index (χ4n) is 1.81. The molecule has 0 unspecified atom stereocenters. The molecule has 0 saturated carbocycles. The zero-order chi connectivity index (χ0) is 12.8. The summed E-state index contributed by atoms with van der Waals surface area (Å²) in [6.07, 6.45) is 1.89. The molecule has 0 aromatic heterocycles. The number of rotatable bonds is 8. The SMILES string of the molecule is CCCc1c(N(C)CCOCCN)c(=O)c1=S. The van der Waals surface area contributed by atoms with Crippen molar-refractivity contribution in [3.63, 3.8) is 0 Å². The first-order valence-corrected chi connectivity index (χ1v) is 6.35. The first-order valence-electron chi connectivity index (χ1n) is 5.94. The van der Waals surface area contributed by atoms with Gasteiger partial charge in [-0.1, -0.05) is 25.6 Å². The van der Waals surface area contributed by atoms with Gasteiger partial charge in [-0.05, 0) is 6.42 Å². The smallest absolute Gasteiger partial charge is 0.220 e. The van der Waals surface area contributed by atoms with Gasteiger partial charge in [-0.25, -0.2) is 0 Å². The molecule has 1 rings (SSSR count). The van der Waals surface area contributed by atoms with Crippen LogP contribution >= 0.6 is 12.2 Å². The maximum Gasteiger partial charge on any atom is 0.220 e. The summed E-state index contributed by atoms with van der Waals surface area (Å²) in [6.45, 7) is 4.44. The largest absolute Gasteiger partial charge is 0.378 e. The lowest BCUT2D eigenvalue weighted by Gasteiger charge is -2.23. The Morgan fingerprint density at radius 1 is 1.41 bits per heavy atom. The van der Waals surface area contributed by atoms with Crippen LogP contribution < -0.4 is 16.1 Å². The Morgan fingerprint density at radius 2 is 2.12 bits per heavy atom. The lowest BCUT2D eigenvalue weighted by molar-refractivity contribution is 0.148. The third kappa shape index (κ3) is 3.34. The monoisotopic (exact) mass is 256 g/mol. The van der Waals surface area contributed by atoms with Crippen molar-refractivity contribution in [3.05, 3.63) is 20.3 Å². The minimum Gasteiger partial charge on any atom is -0.378 e. The van der Waals surface area contributed by atoms with E-state index in [0.29, 0.717) is 30.8 Å². The van der Waals surface area contributed by atoms with E-state index in [0.717, 1.165) is 24.1 Å². The molecule has 0 aliphatic heterocycles. The zero-order valence-electron chi connectivity index (χ0n) is 10.5.